The molecule has 0 amide bonds. The summed E-state index contributed by atoms with van der Waals surface area (Å²) in [5.41, 5.74) is 0.970. The molecule has 1 aromatic carbocycles. The zero-order valence-corrected chi connectivity index (χ0v) is 14.3. The van der Waals surface area contributed by atoms with E-state index in [1.54, 1.807) is 30.3 Å². The maximum atomic E-state index is 12.6. The summed E-state index contributed by atoms with van der Waals surface area (Å²) in [4.78, 5) is 0.224. The van der Waals surface area contributed by atoms with Crippen LogP contribution in [0.1, 0.15) is 45.6 Å². The molecule has 120 valence electrons. The van der Waals surface area contributed by atoms with Gasteiger partial charge in [-0.05, 0) is 48.3 Å². The Morgan fingerprint density at radius 1 is 1.23 bits per heavy atom. The summed E-state index contributed by atoms with van der Waals surface area (Å²) in [5, 5.41) is 0. The standard InChI is InChI=1S/C18H24O3S/c1-5-13-6-8-15(9-7-13)22(19,20)21-16-12-14-10-11-18(16,4)17(14,2)3/h5-9,14,16H,1,10-12H2,2-4H3/t14-,16+,18+/m0/s1. The lowest BCUT2D eigenvalue weighted by Crippen LogP contribution is -2.38. The van der Waals surface area contributed by atoms with Crippen molar-refractivity contribution >= 4 is 16.2 Å². The van der Waals surface area contributed by atoms with Gasteiger partial charge in [-0.25, -0.2) is 0 Å². The molecule has 2 aliphatic rings. The first-order valence-corrected chi connectivity index (χ1v) is 9.27. The van der Waals surface area contributed by atoms with E-state index in [0.717, 1.165) is 18.4 Å². The molecule has 0 aliphatic heterocycles. The Bertz CT molecular complexity index is 688. The Labute approximate surface area is 133 Å². The SMILES string of the molecule is C=Cc1ccc(S(=O)(=O)O[C@@H]2C[C@@H]3CC[C@@]2(C)C3(C)C)cc1. The van der Waals surface area contributed by atoms with Gasteiger partial charge in [0.15, 0.2) is 0 Å². The van der Waals surface area contributed by atoms with Gasteiger partial charge in [-0.3, -0.25) is 4.18 Å². The highest BCUT2D eigenvalue weighted by Crippen LogP contribution is 2.66. The minimum Gasteiger partial charge on any atom is -0.262 e. The van der Waals surface area contributed by atoms with Crippen LogP contribution in [0.15, 0.2) is 35.7 Å². The van der Waals surface area contributed by atoms with Gasteiger partial charge in [0.1, 0.15) is 0 Å². The van der Waals surface area contributed by atoms with E-state index in [9.17, 15) is 8.42 Å². The molecule has 2 saturated carbocycles. The van der Waals surface area contributed by atoms with Crippen molar-refractivity contribution in [1.82, 2.24) is 0 Å². The average Bonchev–Trinajstić information content (AvgIpc) is 2.80. The van der Waals surface area contributed by atoms with Crippen molar-refractivity contribution in [2.24, 2.45) is 16.7 Å². The Morgan fingerprint density at radius 3 is 2.32 bits per heavy atom. The van der Waals surface area contributed by atoms with Crippen LogP contribution < -0.4 is 0 Å². The molecule has 0 radical (unpaired) electrons. The van der Waals surface area contributed by atoms with Crippen molar-refractivity contribution in [1.29, 1.82) is 0 Å². The van der Waals surface area contributed by atoms with Crippen LogP contribution in [-0.4, -0.2) is 14.5 Å². The largest absolute Gasteiger partial charge is 0.297 e. The number of hydrogen-bond donors (Lipinski definition) is 0. The second-order valence-corrected chi connectivity index (χ2v) is 8.99. The number of hydrogen-bond acceptors (Lipinski definition) is 3. The third-order valence-electron chi connectivity index (χ3n) is 6.36. The predicted octanol–water partition coefficient (Wildman–Crippen LogP) is 4.25. The van der Waals surface area contributed by atoms with E-state index in [4.69, 9.17) is 4.18 Å². The molecule has 4 heteroatoms. The Kier molecular flexibility index (Phi) is 3.53. The normalized spacial score (nSPS) is 33.0. The summed E-state index contributed by atoms with van der Waals surface area (Å²) in [7, 11) is -3.71. The van der Waals surface area contributed by atoms with Crippen LogP contribution in [0.3, 0.4) is 0 Å². The van der Waals surface area contributed by atoms with Gasteiger partial charge in [0.2, 0.25) is 0 Å². The van der Waals surface area contributed by atoms with E-state index in [0.29, 0.717) is 5.92 Å². The summed E-state index contributed by atoms with van der Waals surface area (Å²) in [6, 6.07) is 6.67. The summed E-state index contributed by atoms with van der Waals surface area (Å²) >= 11 is 0. The summed E-state index contributed by atoms with van der Waals surface area (Å²) in [5.74, 6) is 0.556. The molecular weight excluding hydrogens is 296 g/mol. The second-order valence-electron chi connectivity index (χ2n) is 7.42. The smallest absolute Gasteiger partial charge is 0.262 e. The van der Waals surface area contributed by atoms with E-state index >= 15 is 0 Å². The second kappa shape index (κ2) is 4.93. The highest BCUT2D eigenvalue weighted by molar-refractivity contribution is 7.86. The molecule has 2 bridgehead atoms. The number of rotatable bonds is 4. The van der Waals surface area contributed by atoms with E-state index in [-0.39, 0.29) is 21.8 Å². The van der Waals surface area contributed by atoms with Gasteiger partial charge in [0, 0.05) is 5.41 Å². The minimum absolute atomic E-state index is 0.0637. The van der Waals surface area contributed by atoms with Gasteiger partial charge < -0.3 is 0 Å². The van der Waals surface area contributed by atoms with E-state index in [1.807, 2.05) is 0 Å². The molecule has 3 atom stereocenters. The van der Waals surface area contributed by atoms with Gasteiger partial charge in [-0.1, -0.05) is 45.6 Å². The topological polar surface area (TPSA) is 43.4 Å². The molecular formula is C18H24O3S. The van der Waals surface area contributed by atoms with Gasteiger partial charge >= 0.3 is 0 Å². The number of benzene rings is 1. The molecule has 22 heavy (non-hydrogen) atoms. The highest BCUT2D eigenvalue weighted by atomic mass is 32.2. The lowest BCUT2D eigenvalue weighted by atomic mass is 9.70. The third kappa shape index (κ3) is 2.16. The Hall–Kier alpha value is -1.13. The zero-order chi connectivity index (χ0) is 16.2. The molecule has 0 spiro atoms. The molecule has 3 rings (SSSR count). The van der Waals surface area contributed by atoms with Crippen LogP contribution in [0, 0.1) is 16.7 Å². The molecule has 3 nitrogen and oxygen atoms in total. The van der Waals surface area contributed by atoms with Crippen LogP contribution in [0.25, 0.3) is 6.08 Å². The molecule has 0 unspecified atom stereocenters. The molecule has 0 N–H and O–H groups in total. The molecule has 1 aromatic rings. The fraction of sp³-hybridized carbons (Fsp3) is 0.556. The lowest BCUT2D eigenvalue weighted by Gasteiger charge is -2.38. The highest BCUT2D eigenvalue weighted by Gasteiger charge is 2.62. The van der Waals surface area contributed by atoms with Crippen LogP contribution in [0.4, 0.5) is 0 Å². The minimum atomic E-state index is -3.71. The Morgan fingerprint density at radius 2 is 1.86 bits per heavy atom. The molecule has 0 saturated heterocycles. The first-order valence-electron chi connectivity index (χ1n) is 7.86. The fourth-order valence-electron chi connectivity index (χ4n) is 4.25. The maximum Gasteiger partial charge on any atom is 0.297 e. The van der Waals surface area contributed by atoms with Gasteiger partial charge in [-0.2, -0.15) is 8.42 Å². The molecule has 0 aromatic heterocycles. The summed E-state index contributed by atoms with van der Waals surface area (Å²) < 4.78 is 30.8. The van der Waals surface area contributed by atoms with Crippen molar-refractivity contribution in [2.45, 2.75) is 51.0 Å². The maximum absolute atomic E-state index is 12.6. The van der Waals surface area contributed by atoms with Crippen LogP contribution in [0.5, 0.6) is 0 Å². The van der Waals surface area contributed by atoms with Gasteiger partial charge in [0.25, 0.3) is 10.1 Å². The van der Waals surface area contributed by atoms with Crippen LogP contribution in [-0.2, 0) is 14.3 Å². The predicted molar refractivity (Wildman–Crippen MR) is 87.8 cm³/mol. The number of fused-ring (bicyclic) bond motifs is 2. The molecule has 2 aliphatic carbocycles. The first kappa shape index (κ1) is 15.8. The van der Waals surface area contributed by atoms with Crippen LogP contribution >= 0.6 is 0 Å². The fourth-order valence-corrected chi connectivity index (χ4v) is 5.43. The van der Waals surface area contributed by atoms with Crippen molar-refractivity contribution in [2.75, 3.05) is 0 Å². The van der Waals surface area contributed by atoms with E-state index in [2.05, 4.69) is 27.4 Å². The monoisotopic (exact) mass is 320 g/mol. The van der Waals surface area contributed by atoms with E-state index < -0.39 is 10.1 Å². The first-order chi connectivity index (χ1) is 10.2. The van der Waals surface area contributed by atoms with Crippen molar-refractivity contribution in [3.63, 3.8) is 0 Å². The molecule has 0 heterocycles. The Balaban J connectivity index is 1.85. The van der Waals surface area contributed by atoms with Gasteiger partial charge in [0.05, 0.1) is 11.0 Å². The van der Waals surface area contributed by atoms with Crippen molar-refractivity contribution in [3.05, 3.63) is 36.4 Å². The average molecular weight is 320 g/mol. The molecule has 2 fully saturated rings. The van der Waals surface area contributed by atoms with Crippen molar-refractivity contribution < 1.29 is 12.6 Å². The summed E-state index contributed by atoms with van der Waals surface area (Å²) in [6.45, 7) is 10.4. The lowest BCUT2D eigenvalue weighted by molar-refractivity contribution is 0.0345. The summed E-state index contributed by atoms with van der Waals surface area (Å²) in [6.07, 6.45) is 4.53. The van der Waals surface area contributed by atoms with E-state index in [1.165, 1.54) is 6.42 Å². The zero-order valence-electron chi connectivity index (χ0n) is 13.5. The third-order valence-corrected chi connectivity index (χ3v) is 7.70. The van der Waals surface area contributed by atoms with Crippen LogP contribution in [0.2, 0.25) is 0 Å². The van der Waals surface area contributed by atoms with Gasteiger partial charge in [-0.15, -0.1) is 0 Å². The quantitative estimate of drug-likeness (QED) is 0.779. The van der Waals surface area contributed by atoms with Crippen molar-refractivity contribution in [3.8, 4) is 0 Å².